The summed E-state index contributed by atoms with van der Waals surface area (Å²) in [4.78, 5) is 1.40. The van der Waals surface area contributed by atoms with Gasteiger partial charge in [0, 0.05) is 21.2 Å². The van der Waals surface area contributed by atoms with Crippen LogP contribution in [-0.2, 0) is 12.4 Å². The Bertz CT molecular complexity index is 1350. The van der Waals surface area contributed by atoms with Gasteiger partial charge in [-0.05, 0) is 42.5 Å². The molecule has 5 aromatic rings. The lowest BCUT2D eigenvalue weighted by Crippen LogP contribution is -2.11. The maximum atomic E-state index is 12.0. The van der Waals surface area contributed by atoms with Gasteiger partial charge in [0.1, 0.15) is 0 Å². The van der Waals surface area contributed by atoms with E-state index in [-0.39, 0.29) is 28.7 Å². The average Bonchev–Trinajstić information content (AvgIpc) is 3.13. The molecule has 1 aromatic heterocycles. The zero-order chi connectivity index (χ0) is 24.5. The first-order valence-electron chi connectivity index (χ1n) is 10.00. The van der Waals surface area contributed by atoms with Gasteiger partial charge in [-0.3, -0.25) is 0 Å². The van der Waals surface area contributed by atoms with Gasteiger partial charge < -0.3 is 5.11 Å². The third kappa shape index (κ3) is 4.87. The molecule has 0 spiro atoms. The predicted molar refractivity (Wildman–Crippen MR) is 121 cm³/mol. The lowest BCUT2D eigenvalue weighted by molar-refractivity contribution is -0.269. The summed E-state index contributed by atoms with van der Waals surface area (Å²) in [5.41, 5.74) is -3.19. The summed E-state index contributed by atoms with van der Waals surface area (Å²) in [7, 11) is 0.0594. The van der Waals surface area contributed by atoms with Gasteiger partial charge in [0.2, 0.25) is 0 Å². The fourth-order valence-electron chi connectivity index (χ4n) is 3.59. The molecule has 0 bridgehead atoms. The van der Waals surface area contributed by atoms with Crippen molar-refractivity contribution in [3.8, 4) is 10.6 Å². The highest BCUT2D eigenvalue weighted by molar-refractivity contribution is 7.50. The minimum absolute atomic E-state index is 0.0594. The first-order chi connectivity index (χ1) is 16.1. The molecule has 0 radical (unpaired) electrons. The molecule has 0 amide bonds. The Balaban J connectivity index is 0.000000167. The molecule has 0 aliphatic heterocycles. The standard InChI is InChI=1S/C18H13S.C8H4F6O/c1-2-8-14(9-3-1)19-17-12-6-4-10-15(17)16-11-5-7-13-18(16)19;9-7(10,11)4-1-5(8(12,13)14)3-6(15)2-4/h1-13H;1-3,15H/q+1;/p-1. The van der Waals surface area contributed by atoms with Crippen LogP contribution in [0.4, 0.5) is 26.3 Å². The first kappa shape index (κ1) is 23.6. The molecule has 34 heavy (non-hydrogen) atoms. The SMILES string of the molecule is [O-]c1cc(C(F)(F)F)cc(C(F)(F)F)c1.c1ccc(-[s+]2c3ccccc3c3ccccc32)cc1. The normalized spacial score (nSPS) is 11.9. The number of fused-ring (bicyclic) bond motifs is 3. The second kappa shape index (κ2) is 9.02. The van der Waals surface area contributed by atoms with Crippen LogP contribution in [0.1, 0.15) is 11.1 Å². The maximum absolute atomic E-state index is 12.0. The van der Waals surface area contributed by atoms with Crippen molar-refractivity contribution < 1.29 is 31.4 Å². The van der Waals surface area contributed by atoms with Crippen LogP contribution >= 0.6 is 10.5 Å². The molecule has 0 aliphatic rings. The third-order valence-electron chi connectivity index (χ3n) is 5.04. The van der Waals surface area contributed by atoms with Crippen LogP contribution in [0.2, 0.25) is 0 Å². The lowest BCUT2D eigenvalue weighted by atomic mass is 10.1. The molecule has 0 saturated heterocycles. The number of thiophene rings is 1. The molecule has 1 nitrogen and oxygen atoms in total. The summed E-state index contributed by atoms with van der Waals surface area (Å²) < 4.78 is 75.1. The van der Waals surface area contributed by atoms with Crippen molar-refractivity contribution in [2.45, 2.75) is 12.4 Å². The van der Waals surface area contributed by atoms with Crippen molar-refractivity contribution in [3.63, 3.8) is 0 Å². The Hall–Kier alpha value is -3.52. The number of benzene rings is 4. The number of hydrogen-bond donors (Lipinski definition) is 0. The minimum atomic E-state index is -4.96. The quantitative estimate of drug-likeness (QED) is 0.171. The molecule has 0 N–H and O–H groups in total. The van der Waals surface area contributed by atoms with Gasteiger partial charge in [0.15, 0.2) is 14.3 Å². The Labute approximate surface area is 193 Å². The van der Waals surface area contributed by atoms with E-state index < -0.39 is 29.2 Å². The fraction of sp³-hybridized carbons (Fsp3) is 0.0769. The first-order valence-corrected chi connectivity index (χ1v) is 11.2. The van der Waals surface area contributed by atoms with Gasteiger partial charge in [-0.25, -0.2) is 0 Å². The largest absolute Gasteiger partial charge is 0.872 e. The zero-order valence-electron chi connectivity index (χ0n) is 17.3. The average molecular weight is 490 g/mol. The molecule has 1 heterocycles. The Morgan fingerprint density at radius 2 is 0.941 bits per heavy atom. The van der Waals surface area contributed by atoms with Crippen molar-refractivity contribution in [1.29, 1.82) is 0 Å². The number of hydrogen-bond acceptors (Lipinski definition) is 1. The second-order valence-electron chi connectivity index (χ2n) is 7.35. The van der Waals surface area contributed by atoms with Crippen LogP contribution in [0.15, 0.2) is 97.1 Å². The van der Waals surface area contributed by atoms with Gasteiger partial charge in [0.05, 0.1) is 11.1 Å². The highest BCUT2D eigenvalue weighted by Gasteiger charge is 2.36. The van der Waals surface area contributed by atoms with Crippen LogP contribution in [-0.4, -0.2) is 0 Å². The highest BCUT2D eigenvalue weighted by Crippen LogP contribution is 2.47. The van der Waals surface area contributed by atoms with Crippen LogP contribution in [0.5, 0.6) is 5.75 Å². The summed E-state index contributed by atoms with van der Waals surface area (Å²) in [6.07, 6.45) is -9.92. The van der Waals surface area contributed by atoms with Crippen LogP contribution < -0.4 is 5.11 Å². The van der Waals surface area contributed by atoms with Crippen molar-refractivity contribution in [2.24, 2.45) is 0 Å². The van der Waals surface area contributed by atoms with E-state index in [1.165, 1.54) is 25.1 Å². The predicted octanol–water partition coefficient (Wildman–Crippen LogP) is 8.53. The highest BCUT2D eigenvalue weighted by atomic mass is 32.2. The van der Waals surface area contributed by atoms with Gasteiger partial charge in [-0.2, -0.15) is 26.3 Å². The van der Waals surface area contributed by atoms with E-state index in [0.29, 0.717) is 0 Å². The molecule has 8 heteroatoms. The minimum Gasteiger partial charge on any atom is -0.872 e. The Kier molecular flexibility index (Phi) is 6.27. The second-order valence-corrected chi connectivity index (χ2v) is 9.32. The number of alkyl halides is 6. The van der Waals surface area contributed by atoms with E-state index in [9.17, 15) is 31.4 Å². The topological polar surface area (TPSA) is 23.1 Å². The molecule has 0 saturated carbocycles. The lowest BCUT2D eigenvalue weighted by Gasteiger charge is -2.15. The molecule has 0 atom stereocenters. The summed E-state index contributed by atoms with van der Waals surface area (Å²) in [6.45, 7) is 0. The molecule has 5 rings (SSSR count). The summed E-state index contributed by atoms with van der Waals surface area (Å²) >= 11 is 0. The number of rotatable bonds is 1. The van der Waals surface area contributed by atoms with Crippen molar-refractivity contribution in [3.05, 3.63) is 108 Å². The Morgan fingerprint density at radius 1 is 0.529 bits per heavy atom. The van der Waals surface area contributed by atoms with E-state index in [2.05, 4.69) is 78.9 Å². The van der Waals surface area contributed by atoms with Crippen LogP contribution in [0.3, 0.4) is 0 Å². The Morgan fingerprint density at radius 3 is 1.38 bits per heavy atom. The summed E-state index contributed by atoms with van der Waals surface area (Å²) in [5.74, 6) is -1.32. The van der Waals surface area contributed by atoms with E-state index in [1.807, 2.05) is 0 Å². The van der Waals surface area contributed by atoms with Gasteiger partial charge in [0.25, 0.3) is 0 Å². The molecule has 0 aliphatic carbocycles. The third-order valence-corrected chi connectivity index (χ3v) is 7.38. The van der Waals surface area contributed by atoms with Crippen LogP contribution in [0.25, 0.3) is 25.1 Å². The van der Waals surface area contributed by atoms with E-state index in [1.54, 1.807) is 0 Å². The van der Waals surface area contributed by atoms with E-state index in [4.69, 9.17) is 0 Å². The maximum Gasteiger partial charge on any atom is 0.416 e. The monoisotopic (exact) mass is 490 g/mol. The van der Waals surface area contributed by atoms with Gasteiger partial charge in [-0.15, -0.1) is 5.75 Å². The molecule has 0 unspecified atom stereocenters. The molecular weight excluding hydrogens is 474 g/mol. The van der Waals surface area contributed by atoms with Crippen molar-refractivity contribution >= 4 is 30.6 Å². The molecule has 174 valence electrons. The van der Waals surface area contributed by atoms with E-state index in [0.717, 1.165) is 0 Å². The van der Waals surface area contributed by atoms with Crippen LogP contribution in [0, 0.1) is 0 Å². The van der Waals surface area contributed by atoms with Gasteiger partial charge in [-0.1, -0.05) is 54.6 Å². The fourth-order valence-corrected chi connectivity index (χ4v) is 5.99. The molecular formula is C26H16F6OS. The van der Waals surface area contributed by atoms with Gasteiger partial charge >= 0.3 is 12.4 Å². The zero-order valence-corrected chi connectivity index (χ0v) is 18.1. The number of halogens is 6. The van der Waals surface area contributed by atoms with E-state index >= 15 is 0 Å². The van der Waals surface area contributed by atoms with Crippen molar-refractivity contribution in [2.75, 3.05) is 0 Å². The van der Waals surface area contributed by atoms with Crippen molar-refractivity contribution in [1.82, 2.24) is 0 Å². The smallest absolute Gasteiger partial charge is 0.416 e. The summed E-state index contributed by atoms with van der Waals surface area (Å²) in [5, 5.41) is 13.4. The molecule has 4 aromatic carbocycles. The molecule has 0 fully saturated rings. The summed E-state index contributed by atoms with van der Waals surface area (Å²) in [6, 6.07) is 28.5.